The van der Waals surface area contributed by atoms with Crippen LogP contribution in [0.15, 0.2) is 30.3 Å². The fourth-order valence-electron chi connectivity index (χ4n) is 0.534. The van der Waals surface area contributed by atoms with Crippen LogP contribution < -0.4 is 0 Å². The number of hydrogen-bond donors (Lipinski definition) is 0. The summed E-state index contributed by atoms with van der Waals surface area (Å²) in [5, 5.41) is 0. The van der Waals surface area contributed by atoms with Crippen molar-refractivity contribution >= 4 is 0 Å². The Morgan fingerprint density at radius 1 is 1.00 bits per heavy atom. The molecule has 0 aliphatic carbocycles. The minimum absolute atomic E-state index is 0. The van der Waals surface area contributed by atoms with Gasteiger partial charge in [-0.3, -0.25) is 0 Å². The maximum absolute atomic E-state index is 2.08. The smallest absolute Gasteiger partial charge is 0.0622 e. The van der Waals surface area contributed by atoms with E-state index in [-0.39, 0.29) is 19.5 Å². The Hall–Kier alpha value is -0.157. The van der Waals surface area contributed by atoms with Gasteiger partial charge in [0.15, 0.2) is 0 Å². The molecule has 0 saturated carbocycles. The molecule has 8 heavy (non-hydrogen) atoms. The van der Waals surface area contributed by atoms with Crippen LogP contribution in [0, 0.1) is 6.92 Å². The van der Waals surface area contributed by atoms with Crippen LogP contribution in [0.4, 0.5) is 0 Å². The van der Waals surface area contributed by atoms with E-state index in [0.717, 1.165) is 0 Å². The molecule has 0 nitrogen and oxygen atoms in total. The van der Waals surface area contributed by atoms with Gasteiger partial charge < -0.3 is 0 Å². The second-order valence-electron chi connectivity index (χ2n) is 1.65. The zero-order chi connectivity index (χ0) is 5.11. The van der Waals surface area contributed by atoms with Crippen molar-refractivity contribution in [3.63, 3.8) is 0 Å². The van der Waals surface area contributed by atoms with E-state index < -0.39 is 0 Å². The summed E-state index contributed by atoms with van der Waals surface area (Å²) in [6, 6.07) is 10.3. The average molecular weight is 158 g/mol. The molecule has 0 spiro atoms. The Bertz CT molecular complexity index is 134. The molecule has 0 radical (unpaired) electrons. The Morgan fingerprint density at radius 3 is 1.75 bits per heavy atom. The third-order valence-corrected chi connectivity index (χ3v) is 0.940. The van der Waals surface area contributed by atoms with Crippen molar-refractivity contribution in [3.05, 3.63) is 35.9 Å². The molecule has 0 atom stereocenters. The SMILES string of the molecule is Cc1ccccc1.[Zn+2]. The summed E-state index contributed by atoms with van der Waals surface area (Å²) in [7, 11) is 0. The van der Waals surface area contributed by atoms with E-state index in [0.29, 0.717) is 0 Å². The van der Waals surface area contributed by atoms with Crippen LogP contribution in [0.1, 0.15) is 5.56 Å². The topological polar surface area (TPSA) is 0 Å². The van der Waals surface area contributed by atoms with E-state index in [1.165, 1.54) is 5.56 Å². The van der Waals surface area contributed by atoms with Crippen molar-refractivity contribution in [3.8, 4) is 0 Å². The van der Waals surface area contributed by atoms with Gasteiger partial charge in [-0.05, 0) is 6.92 Å². The number of rotatable bonds is 0. The molecular formula is C7H8Zn+2. The van der Waals surface area contributed by atoms with Gasteiger partial charge in [0, 0.05) is 0 Å². The molecule has 0 fully saturated rings. The number of benzene rings is 1. The van der Waals surface area contributed by atoms with Crippen LogP contribution in [0.5, 0.6) is 0 Å². The first-order chi connectivity index (χ1) is 3.39. The summed E-state index contributed by atoms with van der Waals surface area (Å²) in [6.07, 6.45) is 0. The Balaban J connectivity index is 0.000000490. The van der Waals surface area contributed by atoms with Crippen LogP contribution in [0.3, 0.4) is 0 Å². The third-order valence-electron chi connectivity index (χ3n) is 0.940. The summed E-state index contributed by atoms with van der Waals surface area (Å²) < 4.78 is 0. The molecule has 1 aromatic rings. The predicted octanol–water partition coefficient (Wildman–Crippen LogP) is 1.99. The maximum Gasteiger partial charge on any atom is 2.00 e. The monoisotopic (exact) mass is 156 g/mol. The summed E-state index contributed by atoms with van der Waals surface area (Å²) >= 11 is 0. The summed E-state index contributed by atoms with van der Waals surface area (Å²) in [6.45, 7) is 2.08. The van der Waals surface area contributed by atoms with Crippen molar-refractivity contribution in [2.45, 2.75) is 6.92 Å². The molecule has 36 valence electrons. The second-order valence-corrected chi connectivity index (χ2v) is 1.65. The predicted molar refractivity (Wildman–Crippen MR) is 31.2 cm³/mol. The van der Waals surface area contributed by atoms with Crippen molar-refractivity contribution in [1.29, 1.82) is 0 Å². The Morgan fingerprint density at radius 2 is 1.50 bits per heavy atom. The molecule has 0 saturated heterocycles. The number of hydrogen-bond acceptors (Lipinski definition) is 0. The van der Waals surface area contributed by atoms with Crippen molar-refractivity contribution in [1.82, 2.24) is 0 Å². The van der Waals surface area contributed by atoms with Gasteiger partial charge in [-0.1, -0.05) is 35.9 Å². The standard InChI is InChI=1S/C7H8.Zn/c1-7-5-3-2-4-6-7;/h2-6H,1H3;/q;+2. The van der Waals surface area contributed by atoms with Gasteiger partial charge in [-0.15, -0.1) is 0 Å². The summed E-state index contributed by atoms with van der Waals surface area (Å²) in [4.78, 5) is 0. The molecule has 1 heteroatoms. The van der Waals surface area contributed by atoms with Crippen LogP contribution in [0.2, 0.25) is 0 Å². The first-order valence-electron chi connectivity index (χ1n) is 2.41. The molecule has 0 heterocycles. The van der Waals surface area contributed by atoms with E-state index >= 15 is 0 Å². The minimum Gasteiger partial charge on any atom is -0.0622 e. The van der Waals surface area contributed by atoms with E-state index in [1.807, 2.05) is 18.2 Å². The van der Waals surface area contributed by atoms with Crippen molar-refractivity contribution < 1.29 is 19.5 Å². The summed E-state index contributed by atoms with van der Waals surface area (Å²) in [5.41, 5.74) is 1.32. The maximum atomic E-state index is 2.08. The summed E-state index contributed by atoms with van der Waals surface area (Å²) in [5.74, 6) is 0. The van der Waals surface area contributed by atoms with E-state index in [1.54, 1.807) is 0 Å². The third kappa shape index (κ3) is 2.23. The van der Waals surface area contributed by atoms with Crippen LogP contribution >= 0.6 is 0 Å². The van der Waals surface area contributed by atoms with Gasteiger partial charge in [-0.25, -0.2) is 0 Å². The largest absolute Gasteiger partial charge is 2.00 e. The molecular weight excluding hydrogens is 149 g/mol. The zero-order valence-corrected chi connectivity index (χ0v) is 8.06. The molecule has 0 aliphatic rings. The molecule has 0 aliphatic heterocycles. The fourth-order valence-corrected chi connectivity index (χ4v) is 0.534. The van der Waals surface area contributed by atoms with E-state index in [9.17, 15) is 0 Å². The van der Waals surface area contributed by atoms with Gasteiger partial charge in [-0.2, -0.15) is 0 Å². The minimum atomic E-state index is 0. The Labute approximate surface area is 62.7 Å². The quantitative estimate of drug-likeness (QED) is 0.506. The molecule has 0 unspecified atom stereocenters. The molecule has 1 rings (SSSR count). The van der Waals surface area contributed by atoms with E-state index in [2.05, 4.69) is 19.1 Å². The van der Waals surface area contributed by atoms with Crippen molar-refractivity contribution in [2.24, 2.45) is 0 Å². The van der Waals surface area contributed by atoms with Crippen LogP contribution in [-0.2, 0) is 19.5 Å². The van der Waals surface area contributed by atoms with Gasteiger partial charge in [0.2, 0.25) is 0 Å². The van der Waals surface area contributed by atoms with Gasteiger partial charge in [0.1, 0.15) is 0 Å². The molecule has 1 aromatic carbocycles. The second kappa shape index (κ2) is 3.80. The van der Waals surface area contributed by atoms with Crippen LogP contribution in [0.25, 0.3) is 0 Å². The van der Waals surface area contributed by atoms with E-state index in [4.69, 9.17) is 0 Å². The average Bonchev–Trinajstić information content (AvgIpc) is 1.69. The Kier molecular flexibility index (Phi) is 3.72. The van der Waals surface area contributed by atoms with Gasteiger partial charge in [0.05, 0.1) is 0 Å². The van der Waals surface area contributed by atoms with Gasteiger partial charge in [0.25, 0.3) is 0 Å². The molecule has 0 amide bonds. The zero-order valence-electron chi connectivity index (χ0n) is 5.09. The van der Waals surface area contributed by atoms with Crippen LogP contribution in [-0.4, -0.2) is 0 Å². The van der Waals surface area contributed by atoms with Gasteiger partial charge >= 0.3 is 19.5 Å². The number of aryl methyl sites for hydroxylation is 1. The first kappa shape index (κ1) is 7.84. The van der Waals surface area contributed by atoms with Crippen molar-refractivity contribution in [2.75, 3.05) is 0 Å². The normalized spacial score (nSPS) is 7.62. The molecule has 0 aromatic heterocycles. The fraction of sp³-hybridized carbons (Fsp3) is 0.143. The molecule has 0 N–H and O–H groups in total. The first-order valence-corrected chi connectivity index (χ1v) is 2.41. The molecule has 0 bridgehead atoms.